The van der Waals surface area contributed by atoms with Gasteiger partial charge < -0.3 is 4.98 Å². The number of hydrogen-bond donors (Lipinski definition) is 2. The second kappa shape index (κ2) is 8.96. The van der Waals surface area contributed by atoms with Crippen LogP contribution < -0.4 is 5.32 Å². The van der Waals surface area contributed by atoms with Crippen LogP contribution >= 0.6 is 11.6 Å². The zero-order valence-corrected chi connectivity index (χ0v) is 21.6. The smallest absolute Gasteiger partial charge is 0.204 e. The normalized spacial score (nSPS) is 22.8. The highest BCUT2D eigenvalue weighted by Crippen LogP contribution is 2.51. The van der Waals surface area contributed by atoms with E-state index in [2.05, 4.69) is 15.3 Å². The molecule has 192 valence electrons. The van der Waals surface area contributed by atoms with Crippen LogP contribution in [-0.2, 0) is 0 Å². The van der Waals surface area contributed by atoms with Crippen molar-refractivity contribution in [1.82, 2.24) is 15.3 Å². The maximum absolute atomic E-state index is 14.8. The first-order valence-electron chi connectivity index (χ1n) is 12.7. The number of fused-ring (bicyclic) bond motifs is 2. The van der Waals surface area contributed by atoms with Crippen molar-refractivity contribution in [2.75, 3.05) is 0 Å². The molecule has 1 spiro atoms. The van der Waals surface area contributed by atoms with Crippen LogP contribution in [0.3, 0.4) is 0 Å². The molecule has 2 aliphatic rings. The molecule has 4 aromatic rings. The fourth-order valence-electron chi connectivity index (χ4n) is 6.19. The molecule has 4 atom stereocenters. The number of hydrogen-bond acceptors (Lipinski definition) is 5. The highest BCUT2D eigenvalue weighted by Gasteiger charge is 2.68. The molecule has 38 heavy (non-hydrogen) atoms. The predicted molar refractivity (Wildman–Crippen MR) is 142 cm³/mol. The number of ketones is 3. The second-order valence-electron chi connectivity index (χ2n) is 10.2. The minimum Gasteiger partial charge on any atom is -0.335 e. The third-order valence-corrected chi connectivity index (χ3v) is 8.54. The number of carbonyl (C=O) groups excluding carboxylic acids is 3. The molecule has 0 bridgehead atoms. The molecule has 6 rings (SSSR count). The van der Waals surface area contributed by atoms with Gasteiger partial charge in [0.1, 0.15) is 5.82 Å². The quantitative estimate of drug-likeness (QED) is 0.253. The van der Waals surface area contributed by atoms with Crippen LogP contribution in [0.2, 0.25) is 5.02 Å². The number of imidazole rings is 1. The molecule has 1 aliphatic heterocycles. The highest BCUT2D eigenvalue weighted by molar-refractivity contribution is 6.35. The van der Waals surface area contributed by atoms with Gasteiger partial charge in [0.15, 0.2) is 22.9 Å². The Morgan fingerprint density at radius 3 is 2.34 bits per heavy atom. The zero-order chi connectivity index (χ0) is 26.8. The lowest BCUT2D eigenvalue weighted by Gasteiger charge is -2.29. The zero-order valence-electron chi connectivity index (χ0n) is 20.8. The minimum atomic E-state index is -1.84. The van der Waals surface area contributed by atoms with Crippen LogP contribution in [-0.4, -0.2) is 38.9 Å². The van der Waals surface area contributed by atoms with Gasteiger partial charge in [0, 0.05) is 23.1 Å². The van der Waals surface area contributed by atoms with E-state index in [1.807, 2.05) is 26.0 Å². The topological polar surface area (TPSA) is 91.9 Å². The molecular formula is C30H25ClFN3O3. The van der Waals surface area contributed by atoms with E-state index in [4.69, 9.17) is 11.6 Å². The Morgan fingerprint density at radius 1 is 1.05 bits per heavy atom. The number of halogens is 2. The average molecular weight is 530 g/mol. The summed E-state index contributed by atoms with van der Waals surface area (Å²) in [6.45, 7) is 4.00. The Bertz CT molecular complexity index is 1560. The second-order valence-corrected chi connectivity index (χ2v) is 10.6. The summed E-state index contributed by atoms with van der Waals surface area (Å²) in [4.78, 5) is 50.3. The van der Waals surface area contributed by atoms with Gasteiger partial charge in [-0.15, -0.1) is 0 Å². The van der Waals surface area contributed by atoms with Crippen LogP contribution in [0.5, 0.6) is 0 Å². The Balaban J connectivity index is 1.60. The van der Waals surface area contributed by atoms with Gasteiger partial charge in [-0.05, 0) is 35.7 Å². The van der Waals surface area contributed by atoms with E-state index < -0.39 is 46.6 Å². The number of H-pyrrole nitrogens is 1. The summed E-state index contributed by atoms with van der Waals surface area (Å²) in [6, 6.07) is 17.8. The molecule has 0 amide bonds. The van der Waals surface area contributed by atoms with Crippen LogP contribution in [0, 0.1) is 17.7 Å². The molecule has 1 aliphatic carbocycles. The number of Topliss-reactive ketones (excluding diaryl/α,β-unsaturated/α-hetero) is 3. The van der Waals surface area contributed by atoms with Gasteiger partial charge in [0.05, 0.1) is 22.0 Å². The molecule has 8 heteroatoms. The minimum absolute atomic E-state index is 0.0462. The van der Waals surface area contributed by atoms with E-state index >= 15 is 0 Å². The van der Waals surface area contributed by atoms with Crippen molar-refractivity contribution in [2.45, 2.75) is 37.8 Å². The molecular weight excluding hydrogens is 505 g/mol. The van der Waals surface area contributed by atoms with Gasteiger partial charge in [-0.2, -0.15) is 0 Å². The van der Waals surface area contributed by atoms with E-state index in [1.165, 1.54) is 12.1 Å². The molecule has 0 radical (unpaired) electrons. The fraction of sp³-hybridized carbons (Fsp3) is 0.267. The van der Waals surface area contributed by atoms with E-state index in [9.17, 15) is 18.8 Å². The number of rotatable bonds is 5. The van der Waals surface area contributed by atoms with Gasteiger partial charge in [-0.3, -0.25) is 19.7 Å². The number of benzene rings is 3. The largest absolute Gasteiger partial charge is 0.335 e. The molecule has 1 fully saturated rings. The average Bonchev–Trinajstić information content (AvgIpc) is 3.59. The molecule has 6 nitrogen and oxygen atoms in total. The van der Waals surface area contributed by atoms with E-state index in [0.717, 1.165) is 0 Å². The summed E-state index contributed by atoms with van der Waals surface area (Å²) in [5, 5.41) is 3.32. The number of nitrogens with one attached hydrogen (secondary N) is 2. The van der Waals surface area contributed by atoms with Crippen molar-refractivity contribution in [1.29, 1.82) is 0 Å². The van der Waals surface area contributed by atoms with Gasteiger partial charge in [-0.1, -0.05) is 74.3 Å². The van der Waals surface area contributed by atoms with Crippen LogP contribution in [0.4, 0.5) is 4.39 Å². The first-order valence-corrected chi connectivity index (χ1v) is 13.1. The third-order valence-electron chi connectivity index (χ3n) is 8.23. The lowest BCUT2D eigenvalue weighted by Crippen LogP contribution is -2.58. The standard InChI is InChI=1S/C30H25ClFN3O3/c1-3-15(2)25-23(16-12-13-19(31)20(32)14-16)24(26(36)29-33-21-10-6-7-11-22(21)34-29)30(35-25)27(37)17-8-4-5-9-18(17)28(30)38/h4-15,23-25,35H,3H2,1-2H3,(H,33,34). The maximum Gasteiger partial charge on any atom is 0.204 e. The van der Waals surface area contributed by atoms with E-state index in [0.29, 0.717) is 23.0 Å². The van der Waals surface area contributed by atoms with Gasteiger partial charge in [0.2, 0.25) is 5.78 Å². The summed E-state index contributed by atoms with van der Waals surface area (Å²) in [5.74, 6) is -3.86. The summed E-state index contributed by atoms with van der Waals surface area (Å²) < 4.78 is 14.8. The van der Waals surface area contributed by atoms with Crippen LogP contribution in [0.15, 0.2) is 66.7 Å². The SMILES string of the molecule is CCC(C)C1NC2(C(=O)c3ccccc3C2=O)C(C(=O)c2nc3ccccc3[nH]2)C1c1ccc(Cl)c(F)c1. The summed E-state index contributed by atoms with van der Waals surface area (Å²) in [7, 11) is 0. The van der Waals surface area contributed by atoms with Gasteiger partial charge >= 0.3 is 0 Å². The Morgan fingerprint density at radius 2 is 1.71 bits per heavy atom. The van der Waals surface area contributed by atoms with Crippen molar-refractivity contribution in [3.05, 3.63) is 100 Å². The summed E-state index contributed by atoms with van der Waals surface area (Å²) in [5.41, 5.74) is 0.463. The number of carbonyl (C=O) groups is 3. The lowest BCUT2D eigenvalue weighted by molar-refractivity contribution is 0.0652. The highest BCUT2D eigenvalue weighted by atomic mass is 35.5. The van der Waals surface area contributed by atoms with E-state index in [1.54, 1.807) is 42.5 Å². The summed E-state index contributed by atoms with van der Waals surface area (Å²) in [6.07, 6.45) is 0.710. The first kappa shape index (κ1) is 24.6. The van der Waals surface area contributed by atoms with Crippen molar-refractivity contribution in [3.8, 4) is 0 Å². The lowest BCUT2D eigenvalue weighted by atomic mass is 9.69. The van der Waals surface area contributed by atoms with Crippen molar-refractivity contribution in [3.63, 3.8) is 0 Å². The third kappa shape index (κ3) is 3.42. The number of aromatic amines is 1. The van der Waals surface area contributed by atoms with Gasteiger partial charge in [0.25, 0.3) is 0 Å². The Labute approximate surface area is 223 Å². The molecule has 2 N–H and O–H groups in total. The monoisotopic (exact) mass is 529 g/mol. The molecule has 2 heterocycles. The van der Waals surface area contributed by atoms with Crippen LogP contribution in [0.1, 0.15) is 63.1 Å². The molecule has 1 saturated heterocycles. The van der Waals surface area contributed by atoms with Crippen molar-refractivity contribution >= 4 is 40.0 Å². The number of aromatic nitrogens is 2. The number of nitrogens with zero attached hydrogens (tertiary/aromatic N) is 1. The molecule has 4 unspecified atom stereocenters. The van der Waals surface area contributed by atoms with Crippen molar-refractivity contribution < 1.29 is 18.8 Å². The van der Waals surface area contributed by atoms with Gasteiger partial charge in [-0.25, -0.2) is 9.37 Å². The molecule has 3 aromatic carbocycles. The predicted octanol–water partition coefficient (Wildman–Crippen LogP) is 5.77. The van der Waals surface area contributed by atoms with Crippen LogP contribution in [0.25, 0.3) is 11.0 Å². The summed E-state index contributed by atoms with van der Waals surface area (Å²) >= 11 is 6.00. The Kier molecular flexibility index (Phi) is 5.81. The first-order chi connectivity index (χ1) is 18.3. The van der Waals surface area contributed by atoms with Crippen molar-refractivity contribution in [2.24, 2.45) is 11.8 Å². The maximum atomic E-state index is 14.8. The Hall–Kier alpha value is -3.68. The molecule has 0 saturated carbocycles. The van der Waals surface area contributed by atoms with E-state index in [-0.39, 0.29) is 27.9 Å². The molecule has 1 aromatic heterocycles. The number of para-hydroxylation sites is 2. The fourth-order valence-corrected chi connectivity index (χ4v) is 6.30.